The third-order valence-electron chi connectivity index (χ3n) is 4.33. The van der Waals surface area contributed by atoms with Crippen LogP contribution in [0, 0.1) is 12.8 Å². The number of hydrogen-bond donors (Lipinski definition) is 2. The maximum atomic E-state index is 12.4. The Morgan fingerprint density at radius 2 is 1.95 bits per heavy atom. The fourth-order valence-corrected chi connectivity index (χ4v) is 4.36. The van der Waals surface area contributed by atoms with Crippen LogP contribution in [0.3, 0.4) is 0 Å². The average molecular weight is 310 g/mol. The van der Waals surface area contributed by atoms with Gasteiger partial charge in [-0.1, -0.05) is 44.2 Å². The molecule has 0 saturated heterocycles. The Hall–Kier alpha value is -0.910. The zero-order valence-electron chi connectivity index (χ0n) is 12.8. The van der Waals surface area contributed by atoms with Crippen molar-refractivity contribution < 1.29 is 8.42 Å². The van der Waals surface area contributed by atoms with Crippen molar-refractivity contribution in [3.05, 3.63) is 29.3 Å². The Balaban J connectivity index is 1.94. The van der Waals surface area contributed by atoms with E-state index in [2.05, 4.69) is 4.72 Å². The molecule has 0 heterocycles. The van der Waals surface area contributed by atoms with E-state index in [0.717, 1.165) is 17.5 Å². The first kappa shape index (κ1) is 16.5. The molecule has 0 radical (unpaired) electrons. The summed E-state index contributed by atoms with van der Waals surface area (Å²) in [6.45, 7) is 2.77. The van der Waals surface area contributed by atoms with Crippen molar-refractivity contribution in [1.29, 1.82) is 0 Å². The SMILES string of the molecule is Cc1cc(CN)ccc1S(=O)(=O)NCCC1CCCCC1. The number of nitrogens with two attached hydrogens (primary N) is 1. The molecule has 3 N–H and O–H groups in total. The topological polar surface area (TPSA) is 72.2 Å². The highest BCUT2D eigenvalue weighted by molar-refractivity contribution is 7.89. The van der Waals surface area contributed by atoms with Crippen LogP contribution >= 0.6 is 0 Å². The molecule has 1 aromatic rings. The minimum Gasteiger partial charge on any atom is -0.326 e. The fourth-order valence-electron chi connectivity index (χ4n) is 3.09. The second-order valence-electron chi connectivity index (χ2n) is 5.99. The van der Waals surface area contributed by atoms with E-state index in [1.54, 1.807) is 12.1 Å². The molecule has 0 atom stereocenters. The van der Waals surface area contributed by atoms with E-state index < -0.39 is 10.0 Å². The van der Waals surface area contributed by atoms with Gasteiger partial charge >= 0.3 is 0 Å². The van der Waals surface area contributed by atoms with Crippen molar-refractivity contribution in [3.63, 3.8) is 0 Å². The molecule has 21 heavy (non-hydrogen) atoms. The Labute approximate surface area is 128 Å². The molecule has 1 aromatic carbocycles. The van der Waals surface area contributed by atoms with Gasteiger partial charge in [0.15, 0.2) is 0 Å². The van der Waals surface area contributed by atoms with Gasteiger partial charge in [-0.15, -0.1) is 0 Å². The van der Waals surface area contributed by atoms with Crippen molar-refractivity contribution in [2.24, 2.45) is 11.7 Å². The molecule has 0 aliphatic heterocycles. The zero-order chi connectivity index (χ0) is 15.3. The minimum atomic E-state index is -3.41. The molecule has 0 bridgehead atoms. The first-order valence-corrected chi connectivity index (χ1v) is 9.30. The first-order chi connectivity index (χ1) is 10.0. The number of hydrogen-bond acceptors (Lipinski definition) is 3. The van der Waals surface area contributed by atoms with E-state index in [0.29, 0.717) is 23.9 Å². The molecule has 1 saturated carbocycles. The van der Waals surface area contributed by atoms with Gasteiger partial charge in [-0.2, -0.15) is 0 Å². The van der Waals surface area contributed by atoms with Crippen LogP contribution in [0.5, 0.6) is 0 Å². The lowest BCUT2D eigenvalue weighted by molar-refractivity contribution is 0.339. The summed E-state index contributed by atoms with van der Waals surface area (Å²) in [7, 11) is -3.41. The fraction of sp³-hybridized carbons (Fsp3) is 0.625. The smallest absolute Gasteiger partial charge is 0.240 e. The summed E-state index contributed by atoms with van der Waals surface area (Å²) in [6, 6.07) is 5.28. The van der Waals surface area contributed by atoms with Crippen LogP contribution in [0.2, 0.25) is 0 Å². The summed E-state index contributed by atoms with van der Waals surface area (Å²) in [5, 5.41) is 0. The second-order valence-corrected chi connectivity index (χ2v) is 7.73. The third-order valence-corrected chi connectivity index (χ3v) is 5.96. The van der Waals surface area contributed by atoms with Gasteiger partial charge in [0.25, 0.3) is 0 Å². The van der Waals surface area contributed by atoms with Gasteiger partial charge in [0.05, 0.1) is 4.90 Å². The monoisotopic (exact) mass is 310 g/mol. The molecule has 5 heteroatoms. The van der Waals surface area contributed by atoms with Crippen LogP contribution in [-0.2, 0) is 16.6 Å². The Morgan fingerprint density at radius 1 is 1.24 bits per heavy atom. The molecular formula is C16H26N2O2S. The summed E-state index contributed by atoms with van der Waals surface area (Å²) in [4.78, 5) is 0.364. The zero-order valence-corrected chi connectivity index (χ0v) is 13.6. The molecule has 0 unspecified atom stereocenters. The molecule has 118 valence electrons. The summed E-state index contributed by atoms with van der Waals surface area (Å²) < 4.78 is 27.4. The summed E-state index contributed by atoms with van der Waals surface area (Å²) in [5.74, 6) is 0.683. The molecule has 1 fully saturated rings. The van der Waals surface area contributed by atoms with Crippen LogP contribution in [0.1, 0.15) is 49.7 Å². The lowest BCUT2D eigenvalue weighted by atomic mass is 9.87. The number of rotatable bonds is 6. The van der Waals surface area contributed by atoms with Crippen molar-refractivity contribution in [2.75, 3.05) is 6.54 Å². The van der Waals surface area contributed by atoms with Gasteiger partial charge in [0.2, 0.25) is 10.0 Å². The highest BCUT2D eigenvalue weighted by Crippen LogP contribution is 2.26. The van der Waals surface area contributed by atoms with Gasteiger partial charge in [0.1, 0.15) is 0 Å². The number of aryl methyl sites for hydroxylation is 1. The van der Waals surface area contributed by atoms with Crippen LogP contribution in [-0.4, -0.2) is 15.0 Å². The Kier molecular flexibility index (Phi) is 5.79. The standard InChI is InChI=1S/C16H26N2O2S/c1-13-11-15(12-17)7-8-16(13)21(19,20)18-10-9-14-5-3-2-4-6-14/h7-8,11,14,18H,2-6,9-10,12,17H2,1H3. The number of sulfonamides is 1. The van der Waals surface area contributed by atoms with Crippen LogP contribution in [0.4, 0.5) is 0 Å². The molecule has 0 spiro atoms. The van der Waals surface area contributed by atoms with E-state index in [4.69, 9.17) is 5.73 Å². The molecule has 0 aromatic heterocycles. The van der Waals surface area contributed by atoms with E-state index in [9.17, 15) is 8.42 Å². The van der Waals surface area contributed by atoms with Crippen LogP contribution in [0.25, 0.3) is 0 Å². The predicted octanol–water partition coefficient (Wildman–Crippen LogP) is 2.70. The lowest BCUT2D eigenvalue weighted by Gasteiger charge is -2.21. The molecular weight excluding hydrogens is 284 g/mol. The van der Waals surface area contributed by atoms with E-state index in [1.807, 2.05) is 13.0 Å². The molecule has 4 nitrogen and oxygen atoms in total. The summed E-state index contributed by atoms with van der Waals surface area (Å²) in [6.07, 6.45) is 7.33. The highest BCUT2D eigenvalue weighted by atomic mass is 32.2. The highest BCUT2D eigenvalue weighted by Gasteiger charge is 2.18. The van der Waals surface area contributed by atoms with Gasteiger partial charge in [-0.3, -0.25) is 0 Å². The lowest BCUT2D eigenvalue weighted by Crippen LogP contribution is -2.27. The Morgan fingerprint density at radius 3 is 2.57 bits per heavy atom. The average Bonchev–Trinajstić information content (AvgIpc) is 2.47. The molecule has 2 rings (SSSR count). The third kappa shape index (κ3) is 4.53. The van der Waals surface area contributed by atoms with Crippen molar-refractivity contribution in [1.82, 2.24) is 4.72 Å². The van der Waals surface area contributed by atoms with E-state index in [1.165, 1.54) is 32.1 Å². The number of benzene rings is 1. The quantitative estimate of drug-likeness (QED) is 0.848. The molecule has 0 amide bonds. The predicted molar refractivity (Wildman–Crippen MR) is 85.5 cm³/mol. The van der Waals surface area contributed by atoms with E-state index >= 15 is 0 Å². The summed E-state index contributed by atoms with van der Waals surface area (Å²) >= 11 is 0. The van der Waals surface area contributed by atoms with Crippen molar-refractivity contribution in [3.8, 4) is 0 Å². The maximum absolute atomic E-state index is 12.4. The normalized spacial score (nSPS) is 17.0. The van der Waals surface area contributed by atoms with Crippen LogP contribution < -0.4 is 10.5 Å². The minimum absolute atomic E-state index is 0.364. The van der Waals surface area contributed by atoms with Gasteiger partial charge in [0, 0.05) is 13.1 Å². The van der Waals surface area contributed by atoms with Crippen molar-refractivity contribution in [2.45, 2.75) is 56.9 Å². The van der Waals surface area contributed by atoms with Gasteiger partial charge in [-0.25, -0.2) is 13.1 Å². The number of nitrogens with one attached hydrogen (secondary N) is 1. The maximum Gasteiger partial charge on any atom is 0.240 e. The Bertz CT molecular complexity index is 564. The largest absolute Gasteiger partial charge is 0.326 e. The van der Waals surface area contributed by atoms with Gasteiger partial charge in [-0.05, 0) is 36.5 Å². The molecule has 1 aliphatic rings. The van der Waals surface area contributed by atoms with Crippen molar-refractivity contribution >= 4 is 10.0 Å². The van der Waals surface area contributed by atoms with Gasteiger partial charge < -0.3 is 5.73 Å². The van der Waals surface area contributed by atoms with Crippen LogP contribution in [0.15, 0.2) is 23.1 Å². The first-order valence-electron chi connectivity index (χ1n) is 7.82. The van der Waals surface area contributed by atoms with E-state index in [-0.39, 0.29) is 0 Å². The second kappa shape index (κ2) is 7.38. The molecule has 1 aliphatic carbocycles. The summed E-state index contributed by atoms with van der Waals surface area (Å²) in [5.41, 5.74) is 7.28.